The molecule has 1 aliphatic heterocycles. The number of methoxy groups -OCH3 is 1. The minimum Gasteiger partial charge on any atom is -0.495 e. The molecule has 0 bridgehead atoms. The highest BCUT2D eigenvalue weighted by molar-refractivity contribution is 8.06. The topological polar surface area (TPSA) is 21.3 Å². The lowest BCUT2D eigenvalue weighted by molar-refractivity contribution is 0.415. The number of rotatable bonds is 5. The lowest BCUT2D eigenvalue weighted by atomic mass is 10.2. The number of thioether (sulfide) groups is 2. The van der Waals surface area contributed by atoms with Crippen molar-refractivity contribution in [3.05, 3.63) is 28.8 Å². The van der Waals surface area contributed by atoms with Crippen LogP contribution in [0.5, 0.6) is 5.75 Å². The molecule has 1 N–H and O–H groups in total. The average molecular weight is 304 g/mol. The number of benzene rings is 1. The van der Waals surface area contributed by atoms with Crippen molar-refractivity contribution < 1.29 is 4.74 Å². The molecule has 0 aliphatic carbocycles. The fourth-order valence-corrected chi connectivity index (χ4v) is 4.78. The van der Waals surface area contributed by atoms with Gasteiger partial charge in [0.2, 0.25) is 0 Å². The SMILES string of the molecule is COc1ccc(CNCC2CSCCS2)cc1Cl. The van der Waals surface area contributed by atoms with E-state index in [0.29, 0.717) is 5.02 Å². The van der Waals surface area contributed by atoms with Crippen molar-refractivity contribution in [3.8, 4) is 5.75 Å². The third-order valence-electron chi connectivity index (χ3n) is 2.80. The molecule has 1 fully saturated rings. The largest absolute Gasteiger partial charge is 0.495 e. The standard InChI is InChI=1S/C13H18ClNOS2/c1-16-13-3-2-10(6-12(13)14)7-15-8-11-9-17-4-5-18-11/h2-3,6,11,15H,4-5,7-9H2,1H3. The van der Waals surface area contributed by atoms with Crippen LogP contribution in [-0.4, -0.2) is 36.2 Å². The number of hydrogen-bond acceptors (Lipinski definition) is 4. The number of halogens is 1. The van der Waals surface area contributed by atoms with Crippen molar-refractivity contribution in [1.82, 2.24) is 5.32 Å². The predicted octanol–water partition coefficient (Wildman–Crippen LogP) is 3.29. The molecule has 1 aromatic carbocycles. The Bertz CT molecular complexity index is 383. The van der Waals surface area contributed by atoms with E-state index in [1.165, 1.54) is 22.8 Å². The monoisotopic (exact) mass is 303 g/mol. The lowest BCUT2D eigenvalue weighted by Crippen LogP contribution is -2.28. The van der Waals surface area contributed by atoms with Gasteiger partial charge in [0, 0.05) is 35.6 Å². The Balaban J connectivity index is 1.77. The van der Waals surface area contributed by atoms with Gasteiger partial charge in [0.25, 0.3) is 0 Å². The maximum Gasteiger partial charge on any atom is 0.137 e. The molecule has 1 saturated heterocycles. The van der Waals surface area contributed by atoms with Crippen LogP contribution < -0.4 is 10.1 Å². The molecule has 1 heterocycles. The average Bonchev–Trinajstić information content (AvgIpc) is 2.40. The van der Waals surface area contributed by atoms with Crippen LogP contribution in [0.25, 0.3) is 0 Å². The molecule has 0 amide bonds. The van der Waals surface area contributed by atoms with E-state index in [9.17, 15) is 0 Å². The normalized spacial score (nSPS) is 19.8. The van der Waals surface area contributed by atoms with Gasteiger partial charge in [-0.2, -0.15) is 23.5 Å². The first kappa shape index (κ1) is 14.4. The van der Waals surface area contributed by atoms with E-state index >= 15 is 0 Å². The van der Waals surface area contributed by atoms with Crippen LogP contribution >= 0.6 is 35.1 Å². The summed E-state index contributed by atoms with van der Waals surface area (Å²) in [7, 11) is 1.64. The first-order valence-corrected chi connectivity index (χ1v) is 8.60. The zero-order valence-corrected chi connectivity index (χ0v) is 12.8. The molecule has 5 heteroatoms. The van der Waals surface area contributed by atoms with Gasteiger partial charge in [0.15, 0.2) is 0 Å². The molecule has 1 unspecified atom stereocenters. The minimum atomic E-state index is 0.680. The van der Waals surface area contributed by atoms with Crippen LogP contribution in [0.1, 0.15) is 5.56 Å². The Labute approximate surface area is 122 Å². The first-order valence-electron chi connectivity index (χ1n) is 6.02. The van der Waals surface area contributed by atoms with Crippen molar-refractivity contribution in [2.75, 3.05) is 30.9 Å². The smallest absolute Gasteiger partial charge is 0.137 e. The Morgan fingerprint density at radius 2 is 2.33 bits per heavy atom. The summed E-state index contributed by atoms with van der Waals surface area (Å²) in [6.07, 6.45) is 0. The molecule has 1 aromatic rings. The molecule has 18 heavy (non-hydrogen) atoms. The fraction of sp³-hybridized carbons (Fsp3) is 0.538. The highest BCUT2D eigenvalue weighted by atomic mass is 35.5. The van der Waals surface area contributed by atoms with E-state index in [2.05, 4.69) is 34.9 Å². The zero-order chi connectivity index (χ0) is 12.8. The summed E-state index contributed by atoms with van der Waals surface area (Å²) in [6.45, 7) is 1.94. The fourth-order valence-electron chi connectivity index (χ4n) is 1.85. The highest BCUT2D eigenvalue weighted by Gasteiger charge is 2.13. The van der Waals surface area contributed by atoms with E-state index in [4.69, 9.17) is 16.3 Å². The molecule has 2 rings (SSSR count). The molecule has 1 aliphatic rings. The lowest BCUT2D eigenvalue weighted by Gasteiger charge is -2.21. The zero-order valence-electron chi connectivity index (χ0n) is 10.4. The summed E-state index contributed by atoms with van der Waals surface area (Å²) in [5.74, 6) is 4.58. The van der Waals surface area contributed by atoms with Crippen LogP contribution in [0.2, 0.25) is 5.02 Å². The van der Waals surface area contributed by atoms with E-state index in [1.807, 2.05) is 12.1 Å². The van der Waals surface area contributed by atoms with Gasteiger partial charge in [-0.3, -0.25) is 0 Å². The van der Waals surface area contributed by atoms with E-state index < -0.39 is 0 Å². The van der Waals surface area contributed by atoms with Crippen molar-refractivity contribution in [3.63, 3.8) is 0 Å². The predicted molar refractivity (Wildman–Crippen MR) is 83.3 cm³/mol. The summed E-state index contributed by atoms with van der Waals surface area (Å²) in [6, 6.07) is 5.95. The van der Waals surface area contributed by atoms with Gasteiger partial charge < -0.3 is 10.1 Å². The quantitative estimate of drug-likeness (QED) is 0.901. The molecule has 0 radical (unpaired) electrons. The molecule has 1 atom stereocenters. The highest BCUT2D eigenvalue weighted by Crippen LogP contribution is 2.25. The molecule has 2 nitrogen and oxygen atoms in total. The van der Waals surface area contributed by atoms with Crippen molar-refractivity contribution in [1.29, 1.82) is 0 Å². The van der Waals surface area contributed by atoms with Gasteiger partial charge in [0.1, 0.15) is 5.75 Å². The van der Waals surface area contributed by atoms with E-state index in [1.54, 1.807) is 7.11 Å². The van der Waals surface area contributed by atoms with Crippen LogP contribution in [0.3, 0.4) is 0 Å². The molecule has 0 spiro atoms. The van der Waals surface area contributed by atoms with Gasteiger partial charge in [-0.1, -0.05) is 17.7 Å². The van der Waals surface area contributed by atoms with Gasteiger partial charge in [-0.15, -0.1) is 0 Å². The Morgan fingerprint density at radius 3 is 3.00 bits per heavy atom. The van der Waals surface area contributed by atoms with E-state index in [-0.39, 0.29) is 0 Å². The first-order chi connectivity index (χ1) is 8.79. The van der Waals surface area contributed by atoms with Crippen LogP contribution in [0, 0.1) is 0 Å². The van der Waals surface area contributed by atoms with Crippen LogP contribution in [0.4, 0.5) is 0 Å². The summed E-state index contributed by atoms with van der Waals surface area (Å²) in [4.78, 5) is 0. The molecular weight excluding hydrogens is 286 g/mol. The van der Waals surface area contributed by atoms with Gasteiger partial charge in [-0.25, -0.2) is 0 Å². The number of nitrogens with one attached hydrogen (secondary N) is 1. The third kappa shape index (κ3) is 4.26. The second-order valence-corrected chi connectivity index (χ2v) is 7.13. The Morgan fingerprint density at radius 1 is 1.44 bits per heavy atom. The van der Waals surface area contributed by atoms with Gasteiger partial charge >= 0.3 is 0 Å². The third-order valence-corrected chi connectivity index (χ3v) is 5.94. The summed E-state index contributed by atoms with van der Waals surface area (Å²) in [5.41, 5.74) is 1.20. The number of ether oxygens (including phenoxy) is 1. The maximum absolute atomic E-state index is 6.10. The second kappa shape index (κ2) is 7.53. The van der Waals surface area contributed by atoms with E-state index in [0.717, 1.165) is 24.1 Å². The summed E-state index contributed by atoms with van der Waals surface area (Å²) >= 11 is 10.2. The van der Waals surface area contributed by atoms with Crippen molar-refractivity contribution in [2.45, 2.75) is 11.8 Å². The summed E-state index contributed by atoms with van der Waals surface area (Å²) < 4.78 is 5.14. The van der Waals surface area contributed by atoms with Crippen molar-refractivity contribution in [2.24, 2.45) is 0 Å². The van der Waals surface area contributed by atoms with Crippen molar-refractivity contribution >= 4 is 35.1 Å². The second-order valence-electron chi connectivity index (χ2n) is 4.17. The van der Waals surface area contributed by atoms with Gasteiger partial charge in [-0.05, 0) is 17.7 Å². The Hall–Kier alpha value is -0.0300. The summed E-state index contributed by atoms with van der Waals surface area (Å²) in [5, 5.41) is 4.93. The molecular formula is C13H18ClNOS2. The molecule has 0 aromatic heterocycles. The maximum atomic E-state index is 6.10. The van der Waals surface area contributed by atoms with Crippen LogP contribution in [0.15, 0.2) is 18.2 Å². The van der Waals surface area contributed by atoms with Crippen LogP contribution in [-0.2, 0) is 6.54 Å². The Kier molecular flexibility index (Phi) is 6.02. The minimum absolute atomic E-state index is 0.680. The number of hydrogen-bond donors (Lipinski definition) is 1. The molecule has 100 valence electrons. The van der Waals surface area contributed by atoms with Gasteiger partial charge in [0.05, 0.1) is 12.1 Å². The molecule has 0 saturated carbocycles.